The first-order valence-electron chi connectivity index (χ1n) is 7.56. The maximum atomic E-state index is 12.1. The molecule has 2 aliphatic carbocycles. The summed E-state index contributed by atoms with van der Waals surface area (Å²) in [7, 11) is 0. The van der Waals surface area contributed by atoms with E-state index in [0.29, 0.717) is 17.1 Å². The van der Waals surface area contributed by atoms with E-state index < -0.39 is 0 Å². The van der Waals surface area contributed by atoms with E-state index >= 15 is 0 Å². The summed E-state index contributed by atoms with van der Waals surface area (Å²) in [6, 6.07) is 0. The number of carbonyl (C=O) groups excluding carboxylic acids is 1. The van der Waals surface area contributed by atoms with Gasteiger partial charge < -0.3 is 4.74 Å². The average Bonchev–Trinajstić information content (AvgIpc) is 3.05. The first kappa shape index (κ1) is 16.6. The summed E-state index contributed by atoms with van der Waals surface area (Å²) in [6.45, 7) is 7.01. The first-order chi connectivity index (χ1) is 10.4. The lowest BCUT2D eigenvalue weighted by molar-refractivity contribution is -0.148. The van der Waals surface area contributed by atoms with Crippen LogP contribution in [0.5, 0.6) is 0 Å². The van der Waals surface area contributed by atoms with Gasteiger partial charge in [0.2, 0.25) is 5.16 Å². The molecule has 0 aliphatic heterocycles. The second kappa shape index (κ2) is 5.98. The van der Waals surface area contributed by atoms with Gasteiger partial charge in [0, 0.05) is 5.92 Å². The predicted octanol–water partition coefficient (Wildman–Crippen LogP) is 4.11. The van der Waals surface area contributed by atoms with Crippen LogP contribution in [-0.4, -0.2) is 33.4 Å². The minimum Gasteiger partial charge on any atom is -0.461 e. The van der Waals surface area contributed by atoms with Crippen LogP contribution in [0.3, 0.4) is 0 Å². The second-order valence-corrected chi connectivity index (χ2v) is 9.74. The number of hydrogen-bond acceptors (Lipinski definition) is 7. The number of esters is 1. The van der Waals surface area contributed by atoms with Crippen LogP contribution in [0.15, 0.2) is 9.50 Å². The molecule has 0 aromatic carbocycles. The van der Waals surface area contributed by atoms with Crippen LogP contribution in [-0.2, 0) is 9.53 Å². The summed E-state index contributed by atoms with van der Waals surface area (Å²) in [5.41, 5.74) is 0.597. The van der Waals surface area contributed by atoms with E-state index in [-0.39, 0.29) is 17.5 Å². The van der Waals surface area contributed by atoms with Gasteiger partial charge in [-0.3, -0.25) is 4.79 Å². The van der Waals surface area contributed by atoms with Crippen LogP contribution < -0.4 is 0 Å². The van der Waals surface area contributed by atoms with E-state index in [1.807, 2.05) is 6.26 Å². The van der Waals surface area contributed by atoms with Crippen LogP contribution >= 0.6 is 35.1 Å². The molecule has 0 amide bonds. The lowest BCUT2D eigenvalue weighted by Gasteiger charge is -2.33. The number of aromatic nitrogens is 2. The summed E-state index contributed by atoms with van der Waals surface area (Å²) in [4.78, 5) is 16.5. The van der Waals surface area contributed by atoms with Crippen molar-refractivity contribution in [2.75, 3.05) is 12.0 Å². The van der Waals surface area contributed by atoms with Crippen molar-refractivity contribution in [3.8, 4) is 0 Å². The summed E-state index contributed by atoms with van der Waals surface area (Å²) in [5.74, 6) is 0.711. The third-order valence-corrected chi connectivity index (χ3v) is 8.23. The number of fused-ring (bicyclic) bond motifs is 2. The number of carbonyl (C=O) groups is 1. The minimum absolute atomic E-state index is 0.0954. The number of nitrogens with zero attached hydrogens (tertiary/aromatic N) is 2. The van der Waals surface area contributed by atoms with Gasteiger partial charge in [0.25, 0.3) is 0 Å². The summed E-state index contributed by atoms with van der Waals surface area (Å²) in [6.07, 6.45) is 5.49. The highest BCUT2D eigenvalue weighted by Crippen LogP contribution is 2.66. The first-order valence-corrected chi connectivity index (χ1v) is 10.5. The molecule has 7 heteroatoms. The van der Waals surface area contributed by atoms with E-state index in [4.69, 9.17) is 4.74 Å². The molecule has 1 heterocycles. The quantitative estimate of drug-likeness (QED) is 0.583. The summed E-state index contributed by atoms with van der Waals surface area (Å²) < 4.78 is 10.8. The van der Waals surface area contributed by atoms with Gasteiger partial charge in [0.05, 0.1) is 5.75 Å². The van der Waals surface area contributed by atoms with Gasteiger partial charge >= 0.3 is 5.97 Å². The maximum Gasteiger partial charge on any atom is 0.316 e. The Morgan fingerprint density at radius 1 is 1.45 bits per heavy atom. The minimum atomic E-state index is -0.122. The van der Waals surface area contributed by atoms with Crippen LogP contribution in [0.1, 0.15) is 40.0 Å². The molecular weight excluding hydrogens is 336 g/mol. The standard InChI is InChI=1S/C15H22N2O2S3/c1-14(2)9-5-6-15(14,3)7-10(9)19-11(18)8-21-13-16-12(20-4)17-22-13/h9-10H,5-8H2,1-4H3/t9-,10+,15-/m1/s1. The van der Waals surface area contributed by atoms with Gasteiger partial charge in [-0.2, -0.15) is 4.37 Å². The zero-order valence-corrected chi connectivity index (χ0v) is 15.9. The number of rotatable bonds is 5. The van der Waals surface area contributed by atoms with Gasteiger partial charge in [-0.05, 0) is 47.9 Å². The molecule has 122 valence electrons. The Kier molecular flexibility index (Phi) is 4.51. The fourth-order valence-electron chi connectivity index (χ4n) is 3.99. The molecule has 2 bridgehead atoms. The highest BCUT2D eigenvalue weighted by Gasteiger charge is 2.61. The molecule has 2 fully saturated rings. The predicted molar refractivity (Wildman–Crippen MR) is 91.5 cm³/mol. The highest BCUT2D eigenvalue weighted by molar-refractivity contribution is 8.01. The van der Waals surface area contributed by atoms with Crippen LogP contribution in [0, 0.1) is 16.7 Å². The smallest absolute Gasteiger partial charge is 0.316 e. The van der Waals surface area contributed by atoms with Crippen molar-refractivity contribution < 1.29 is 9.53 Å². The van der Waals surface area contributed by atoms with Crippen LogP contribution in [0.4, 0.5) is 0 Å². The van der Waals surface area contributed by atoms with Gasteiger partial charge in [-0.25, -0.2) is 4.98 Å². The molecule has 3 atom stereocenters. The Bertz CT molecular complexity index is 572. The molecule has 0 saturated heterocycles. The van der Waals surface area contributed by atoms with Crippen molar-refractivity contribution in [2.45, 2.75) is 55.6 Å². The maximum absolute atomic E-state index is 12.1. The Morgan fingerprint density at radius 3 is 2.77 bits per heavy atom. The van der Waals surface area contributed by atoms with E-state index in [1.165, 1.54) is 47.9 Å². The fourth-order valence-corrected chi connectivity index (χ4v) is 5.98. The van der Waals surface area contributed by atoms with Crippen molar-refractivity contribution in [1.82, 2.24) is 9.36 Å². The third-order valence-electron chi connectivity index (χ3n) is 5.76. The zero-order valence-electron chi connectivity index (χ0n) is 13.4. The molecule has 2 aliphatic rings. The molecule has 3 rings (SSSR count). The number of hydrogen-bond donors (Lipinski definition) is 0. The monoisotopic (exact) mass is 358 g/mol. The van der Waals surface area contributed by atoms with E-state index in [9.17, 15) is 4.79 Å². The lowest BCUT2D eigenvalue weighted by Crippen LogP contribution is -2.28. The lowest BCUT2D eigenvalue weighted by atomic mass is 9.71. The molecule has 0 spiro atoms. The average molecular weight is 359 g/mol. The Balaban J connectivity index is 1.53. The summed E-state index contributed by atoms with van der Waals surface area (Å²) in [5, 5.41) is 0.767. The van der Waals surface area contributed by atoms with Gasteiger partial charge in [-0.1, -0.05) is 44.3 Å². The zero-order chi connectivity index (χ0) is 16.0. The second-order valence-electron chi connectivity index (χ2n) is 7.00. The summed E-state index contributed by atoms with van der Waals surface area (Å²) >= 11 is 4.28. The topological polar surface area (TPSA) is 52.1 Å². The van der Waals surface area contributed by atoms with Gasteiger partial charge in [0.15, 0.2) is 4.34 Å². The Hall–Kier alpha value is -0.270. The Morgan fingerprint density at radius 2 is 2.23 bits per heavy atom. The van der Waals surface area contributed by atoms with Crippen LogP contribution in [0.25, 0.3) is 0 Å². The van der Waals surface area contributed by atoms with E-state index in [2.05, 4.69) is 30.1 Å². The molecule has 0 unspecified atom stereocenters. The van der Waals surface area contributed by atoms with Crippen molar-refractivity contribution >= 4 is 41.0 Å². The fraction of sp³-hybridized carbons (Fsp3) is 0.800. The third kappa shape index (κ3) is 2.80. The van der Waals surface area contributed by atoms with Crippen LogP contribution in [0.2, 0.25) is 0 Å². The van der Waals surface area contributed by atoms with Crippen molar-refractivity contribution in [3.05, 3.63) is 0 Å². The number of thioether (sulfide) groups is 2. The SMILES string of the molecule is CSc1nsc(SCC(=O)O[C@H]2C[C@@]3(C)CC[C@H]2C3(C)C)n1. The molecule has 2 saturated carbocycles. The number of ether oxygens (including phenoxy) is 1. The molecular formula is C15H22N2O2S3. The van der Waals surface area contributed by atoms with E-state index in [0.717, 1.165) is 15.9 Å². The molecule has 1 aromatic rings. The molecule has 22 heavy (non-hydrogen) atoms. The van der Waals surface area contributed by atoms with Crippen molar-refractivity contribution in [1.29, 1.82) is 0 Å². The molecule has 1 aromatic heterocycles. The molecule has 4 nitrogen and oxygen atoms in total. The van der Waals surface area contributed by atoms with Crippen molar-refractivity contribution in [2.24, 2.45) is 16.7 Å². The highest BCUT2D eigenvalue weighted by atomic mass is 32.2. The molecule has 0 N–H and O–H groups in total. The van der Waals surface area contributed by atoms with Crippen molar-refractivity contribution in [3.63, 3.8) is 0 Å². The Labute approximate surface area is 144 Å². The van der Waals surface area contributed by atoms with Gasteiger partial charge in [-0.15, -0.1) is 0 Å². The molecule has 0 radical (unpaired) electrons. The largest absolute Gasteiger partial charge is 0.461 e. The van der Waals surface area contributed by atoms with Gasteiger partial charge in [0.1, 0.15) is 6.10 Å². The normalized spacial score (nSPS) is 32.4. The van der Waals surface area contributed by atoms with E-state index in [1.54, 1.807) is 0 Å².